The molecule has 1 N–H and O–H groups in total. The smallest absolute Gasteiger partial charge is 0.250 e. The molecule has 1 aromatic heterocycles. The second-order valence-corrected chi connectivity index (χ2v) is 9.63. The highest BCUT2D eigenvalue weighted by molar-refractivity contribution is 7.91. The van der Waals surface area contributed by atoms with Crippen LogP contribution in [0.5, 0.6) is 0 Å². The third kappa shape index (κ3) is 4.24. The van der Waals surface area contributed by atoms with Crippen molar-refractivity contribution in [2.45, 2.75) is 23.6 Å². The molecule has 0 saturated heterocycles. The Morgan fingerprint density at radius 2 is 1.74 bits per heavy atom. The van der Waals surface area contributed by atoms with Crippen LogP contribution in [0.2, 0.25) is 0 Å². The Bertz CT molecular complexity index is 997. The molecule has 0 radical (unpaired) electrons. The zero-order valence-corrected chi connectivity index (χ0v) is 16.6. The maximum atomic E-state index is 12.1. The fourth-order valence-electron chi connectivity index (χ4n) is 3.41. The quantitative estimate of drug-likeness (QED) is 0.686. The largest absolute Gasteiger partial charge is 0.367 e. The fraction of sp³-hybridized carbons (Fsp3) is 0.238. The van der Waals surface area contributed by atoms with Crippen LogP contribution in [0, 0.1) is 0 Å². The summed E-state index contributed by atoms with van der Waals surface area (Å²) in [7, 11) is -3.38. The van der Waals surface area contributed by atoms with E-state index in [2.05, 4.69) is 58.2 Å². The minimum atomic E-state index is -3.38. The predicted molar refractivity (Wildman–Crippen MR) is 111 cm³/mol. The summed E-state index contributed by atoms with van der Waals surface area (Å²) in [6.45, 7) is 2.36. The first-order valence-electron chi connectivity index (χ1n) is 9.06. The highest BCUT2D eigenvalue weighted by Gasteiger charge is 2.16. The van der Waals surface area contributed by atoms with Crippen LogP contribution in [0.1, 0.15) is 16.7 Å². The van der Waals surface area contributed by atoms with Gasteiger partial charge < -0.3 is 4.90 Å². The van der Waals surface area contributed by atoms with Gasteiger partial charge in [0.15, 0.2) is 0 Å². The van der Waals surface area contributed by atoms with Crippen LogP contribution in [0.25, 0.3) is 0 Å². The van der Waals surface area contributed by atoms with Crippen molar-refractivity contribution < 1.29 is 8.42 Å². The highest BCUT2D eigenvalue weighted by atomic mass is 32.2. The third-order valence-electron chi connectivity index (χ3n) is 4.90. The van der Waals surface area contributed by atoms with E-state index in [0.29, 0.717) is 17.2 Å². The average Bonchev–Trinajstić information content (AvgIpc) is 3.24. The molecule has 1 aliphatic heterocycles. The Hall–Kier alpha value is -2.15. The third-order valence-corrected chi connectivity index (χ3v) is 7.76. The molecule has 4 rings (SSSR count). The van der Waals surface area contributed by atoms with Gasteiger partial charge in [-0.25, -0.2) is 13.1 Å². The molecule has 2 heterocycles. The second kappa shape index (κ2) is 7.84. The number of sulfonamides is 1. The lowest BCUT2D eigenvalue weighted by molar-refractivity contribution is 0.584. The first-order chi connectivity index (χ1) is 13.1. The van der Waals surface area contributed by atoms with E-state index >= 15 is 0 Å². The molecule has 0 saturated carbocycles. The minimum absolute atomic E-state index is 0.364. The first-order valence-corrected chi connectivity index (χ1v) is 11.4. The molecule has 0 unspecified atom stereocenters. The van der Waals surface area contributed by atoms with Crippen LogP contribution in [0.3, 0.4) is 0 Å². The lowest BCUT2D eigenvalue weighted by atomic mass is 9.99. The van der Waals surface area contributed by atoms with Gasteiger partial charge >= 0.3 is 0 Å². The van der Waals surface area contributed by atoms with E-state index in [1.165, 1.54) is 28.2 Å². The highest BCUT2D eigenvalue weighted by Crippen LogP contribution is 2.24. The molecule has 0 amide bonds. The Morgan fingerprint density at radius 1 is 0.963 bits per heavy atom. The van der Waals surface area contributed by atoms with Gasteiger partial charge in [-0.3, -0.25) is 0 Å². The van der Waals surface area contributed by atoms with Crippen molar-refractivity contribution in [2.24, 2.45) is 0 Å². The van der Waals surface area contributed by atoms with Crippen LogP contribution in [-0.4, -0.2) is 21.5 Å². The molecule has 27 heavy (non-hydrogen) atoms. The number of hydrogen-bond acceptors (Lipinski definition) is 4. The Balaban J connectivity index is 1.34. The number of benzene rings is 2. The summed E-state index contributed by atoms with van der Waals surface area (Å²) < 4.78 is 27.3. The average molecular weight is 399 g/mol. The maximum absolute atomic E-state index is 12.1. The van der Waals surface area contributed by atoms with Gasteiger partial charge in [-0.1, -0.05) is 42.5 Å². The number of thiophene rings is 1. The van der Waals surface area contributed by atoms with Crippen molar-refractivity contribution in [1.29, 1.82) is 0 Å². The minimum Gasteiger partial charge on any atom is -0.367 e. The second-order valence-electron chi connectivity index (χ2n) is 6.69. The summed E-state index contributed by atoms with van der Waals surface area (Å²) in [4.78, 5) is 2.39. The number of hydrogen-bond donors (Lipinski definition) is 1. The number of rotatable bonds is 6. The van der Waals surface area contributed by atoms with Crippen LogP contribution in [0.4, 0.5) is 5.69 Å². The van der Waals surface area contributed by atoms with Gasteiger partial charge in [-0.2, -0.15) is 0 Å². The van der Waals surface area contributed by atoms with Crippen molar-refractivity contribution in [3.63, 3.8) is 0 Å². The predicted octanol–water partition coefficient (Wildman–Crippen LogP) is 3.83. The molecule has 3 aromatic rings. The molecular formula is C21H22N2O2S2. The van der Waals surface area contributed by atoms with E-state index in [1.54, 1.807) is 17.5 Å². The van der Waals surface area contributed by atoms with Gasteiger partial charge in [-0.15, -0.1) is 11.3 Å². The molecule has 6 heteroatoms. The molecule has 2 aromatic carbocycles. The van der Waals surface area contributed by atoms with E-state index in [1.807, 2.05) is 0 Å². The van der Waals surface area contributed by atoms with Crippen LogP contribution >= 0.6 is 11.3 Å². The van der Waals surface area contributed by atoms with E-state index < -0.39 is 10.0 Å². The van der Waals surface area contributed by atoms with Gasteiger partial charge in [0.2, 0.25) is 10.0 Å². The van der Waals surface area contributed by atoms with Crippen LogP contribution < -0.4 is 9.62 Å². The summed E-state index contributed by atoms with van der Waals surface area (Å²) >= 11 is 1.23. The van der Waals surface area contributed by atoms with E-state index in [-0.39, 0.29) is 0 Å². The first kappa shape index (κ1) is 18.2. The summed E-state index contributed by atoms with van der Waals surface area (Å²) in [6, 6.07) is 20.5. The molecule has 4 nitrogen and oxygen atoms in total. The van der Waals surface area contributed by atoms with E-state index in [9.17, 15) is 8.42 Å². The number of fused-ring (bicyclic) bond motifs is 1. The van der Waals surface area contributed by atoms with Gasteiger partial charge in [-0.05, 0) is 53.1 Å². The van der Waals surface area contributed by atoms with Crippen molar-refractivity contribution in [2.75, 3.05) is 18.0 Å². The van der Waals surface area contributed by atoms with Gasteiger partial charge in [0.25, 0.3) is 0 Å². The van der Waals surface area contributed by atoms with Crippen molar-refractivity contribution in [1.82, 2.24) is 4.72 Å². The molecule has 0 atom stereocenters. The van der Waals surface area contributed by atoms with Crippen LogP contribution in [-0.2, 0) is 29.4 Å². The molecule has 0 spiro atoms. The fourth-order valence-corrected chi connectivity index (χ4v) is 5.48. The standard InChI is InChI=1S/C21H22N2O2S2/c24-27(25,21-6-3-15-26-21)22-13-11-17-7-9-20(10-8-17)23-14-12-18-4-1-2-5-19(18)16-23/h1-10,15,22H,11-14,16H2. The van der Waals surface area contributed by atoms with Gasteiger partial charge in [0.1, 0.15) is 4.21 Å². The van der Waals surface area contributed by atoms with E-state index in [4.69, 9.17) is 0 Å². The van der Waals surface area contributed by atoms with Crippen molar-refractivity contribution >= 4 is 27.0 Å². The lowest BCUT2D eigenvalue weighted by Gasteiger charge is -2.30. The topological polar surface area (TPSA) is 49.4 Å². The molecule has 1 aliphatic rings. The molecule has 0 bridgehead atoms. The molecule has 140 valence electrons. The molecule has 0 aliphatic carbocycles. The molecule has 0 fully saturated rings. The van der Waals surface area contributed by atoms with Gasteiger partial charge in [0, 0.05) is 25.3 Å². The zero-order chi connectivity index (χ0) is 18.7. The summed E-state index contributed by atoms with van der Waals surface area (Å²) in [5, 5.41) is 1.77. The van der Waals surface area contributed by atoms with Crippen molar-refractivity contribution in [3.05, 3.63) is 82.7 Å². The number of nitrogens with zero attached hydrogens (tertiary/aromatic N) is 1. The molecular weight excluding hydrogens is 376 g/mol. The SMILES string of the molecule is O=S(=O)(NCCc1ccc(N2CCc3ccccc3C2)cc1)c1cccs1. The van der Waals surface area contributed by atoms with Crippen molar-refractivity contribution in [3.8, 4) is 0 Å². The van der Waals surface area contributed by atoms with Crippen LogP contribution in [0.15, 0.2) is 70.3 Å². The monoisotopic (exact) mass is 398 g/mol. The summed E-state index contributed by atoms with van der Waals surface area (Å²) in [5.74, 6) is 0. The summed E-state index contributed by atoms with van der Waals surface area (Å²) in [6.07, 6.45) is 1.75. The maximum Gasteiger partial charge on any atom is 0.250 e. The number of nitrogens with one attached hydrogen (secondary N) is 1. The zero-order valence-electron chi connectivity index (χ0n) is 15.0. The number of anilines is 1. The Kier molecular flexibility index (Phi) is 5.29. The summed E-state index contributed by atoms with van der Waals surface area (Å²) in [5.41, 5.74) is 5.19. The van der Waals surface area contributed by atoms with E-state index in [0.717, 1.165) is 25.1 Å². The lowest BCUT2D eigenvalue weighted by Crippen LogP contribution is -2.30. The Labute approximate surface area is 164 Å². The van der Waals surface area contributed by atoms with Gasteiger partial charge in [0.05, 0.1) is 0 Å². The Morgan fingerprint density at radius 3 is 2.48 bits per heavy atom. The normalized spacial score (nSPS) is 14.1.